The van der Waals surface area contributed by atoms with Gasteiger partial charge in [-0.1, -0.05) is 51.4 Å². The number of carbonyl (C=O) groups excluding carboxylic acids is 1. The molecule has 0 radical (unpaired) electrons. The van der Waals surface area contributed by atoms with E-state index in [1.165, 1.54) is 22.3 Å². The number of rotatable bonds is 3. The summed E-state index contributed by atoms with van der Waals surface area (Å²) >= 11 is 6.15. The topological polar surface area (TPSA) is 68.9 Å². The van der Waals surface area contributed by atoms with Gasteiger partial charge in [-0.15, -0.1) is 0 Å². The predicted octanol–water partition coefficient (Wildman–Crippen LogP) is 6.33. The van der Waals surface area contributed by atoms with Crippen molar-refractivity contribution in [3.63, 3.8) is 0 Å². The maximum absolute atomic E-state index is 8.58. The Balaban J connectivity index is 0.000000771. The lowest BCUT2D eigenvalue weighted by atomic mass is 9.95. The number of primary amides is 1. The molecule has 29 heavy (non-hydrogen) atoms. The Kier molecular flexibility index (Phi) is 10.0. The van der Waals surface area contributed by atoms with Crippen LogP contribution in [0.25, 0.3) is 22.3 Å². The number of benzene rings is 1. The number of carbonyl (C=O) groups is 1. The molecule has 0 aliphatic rings. The van der Waals surface area contributed by atoms with E-state index in [0.717, 1.165) is 17.0 Å². The van der Waals surface area contributed by atoms with E-state index in [2.05, 4.69) is 72.9 Å². The van der Waals surface area contributed by atoms with Crippen LogP contribution in [-0.4, -0.2) is 16.4 Å². The second-order valence-electron chi connectivity index (χ2n) is 6.61. The molecule has 2 aromatic heterocycles. The summed E-state index contributed by atoms with van der Waals surface area (Å²) in [5.41, 5.74) is 12.1. The van der Waals surface area contributed by atoms with Gasteiger partial charge in [0.25, 0.3) is 0 Å². The van der Waals surface area contributed by atoms with Gasteiger partial charge < -0.3 is 5.73 Å². The smallest absolute Gasteiger partial charge is 0.204 e. The molecule has 0 atom stereocenters. The molecule has 0 saturated heterocycles. The zero-order valence-corrected chi connectivity index (χ0v) is 18.8. The van der Waals surface area contributed by atoms with Crippen LogP contribution in [0.4, 0.5) is 0 Å². The van der Waals surface area contributed by atoms with Crippen molar-refractivity contribution in [1.29, 1.82) is 0 Å². The Morgan fingerprint density at radius 3 is 2.17 bits per heavy atom. The largest absolute Gasteiger partial charge is 0.372 e. The summed E-state index contributed by atoms with van der Waals surface area (Å²) in [6.07, 6.45) is 2.14. The van der Waals surface area contributed by atoms with Crippen molar-refractivity contribution in [2.24, 2.45) is 5.73 Å². The van der Waals surface area contributed by atoms with E-state index in [1.807, 2.05) is 33.0 Å². The third kappa shape index (κ3) is 6.99. The molecule has 2 N–H and O–H groups in total. The van der Waals surface area contributed by atoms with E-state index < -0.39 is 0 Å². The highest BCUT2D eigenvalue weighted by Gasteiger charge is 2.09. The fourth-order valence-electron chi connectivity index (χ4n) is 2.84. The Bertz CT molecular complexity index is 919. The molecule has 4 nitrogen and oxygen atoms in total. The fraction of sp³-hybridized carbons (Fsp3) is 0.292. The van der Waals surface area contributed by atoms with Crippen LogP contribution in [0.2, 0.25) is 5.15 Å². The summed E-state index contributed by atoms with van der Waals surface area (Å²) in [6, 6.07) is 14.8. The molecule has 2 heterocycles. The fourth-order valence-corrected chi connectivity index (χ4v) is 3.09. The van der Waals surface area contributed by atoms with Gasteiger partial charge in [0.15, 0.2) is 0 Å². The van der Waals surface area contributed by atoms with Crippen molar-refractivity contribution in [2.45, 2.75) is 47.5 Å². The lowest BCUT2D eigenvalue weighted by Gasteiger charge is -2.12. The van der Waals surface area contributed by atoms with Crippen LogP contribution in [0.5, 0.6) is 0 Å². The highest BCUT2D eigenvalue weighted by atomic mass is 35.5. The number of pyridine rings is 2. The van der Waals surface area contributed by atoms with E-state index in [4.69, 9.17) is 16.4 Å². The van der Waals surface area contributed by atoms with Gasteiger partial charge in [-0.3, -0.25) is 9.78 Å². The number of halogens is 1. The van der Waals surface area contributed by atoms with Crippen LogP contribution in [0.3, 0.4) is 0 Å². The Hall–Kier alpha value is -2.72. The zero-order valence-electron chi connectivity index (χ0n) is 18.0. The van der Waals surface area contributed by atoms with Gasteiger partial charge in [-0.25, -0.2) is 4.98 Å². The first-order valence-electron chi connectivity index (χ1n) is 9.72. The molecule has 5 heteroatoms. The third-order valence-corrected chi connectivity index (χ3v) is 4.37. The number of nitrogens with two attached hydrogens (primary N) is 1. The summed E-state index contributed by atoms with van der Waals surface area (Å²) in [4.78, 5) is 17.3. The van der Waals surface area contributed by atoms with Gasteiger partial charge in [-0.2, -0.15) is 0 Å². The minimum absolute atomic E-state index is 0.250. The SMILES string of the molecule is CC.Cc1cc(-c2cc(-c3ccnc(C(C)C)c3)ccc2C)cc(Cl)n1.NC=O. The third-order valence-electron chi connectivity index (χ3n) is 4.18. The van der Waals surface area contributed by atoms with Gasteiger partial charge in [0.05, 0.1) is 0 Å². The first-order valence-corrected chi connectivity index (χ1v) is 10.1. The quantitative estimate of drug-likeness (QED) is 0.404. The maximum atomic E-state index is 8.58. The van der Waals surface area contributed by atoms with Gasteiger partial charge in [0, 0.05) is 17.6 Å². The second kappa shape index (κ2) is 12.0. The van der Waals surface area contributed by atoms with Crippen LogP contribution in [0.1, 0.15) is 50.6 Å². The van der Waals surface area contributed by atoms with E-state index in [0.29, 0.717) is 11.1 Å². The number of aryl methyl sites for hydroxylation is 2. The maximum Gasteiger partial charge on any atom is 0.204 e. The number of amides is 1. The molecule has 0 unspecified atom stereocenters. The summed E-state index contributed by atoms with van der Waals surface area (Å²) in [7, 11) is 0. The normalized spacial score (nSPS) is 9.79. The average Bonchev–Trinajstić information content (AvgIpc) is 2.70. The minimum atomic E-state index is 0.250. The first-order chi connectivity index (χ1) is 13.8. The molecule has 0 saturated carbocycles. The van der Waals surface area contributed by atoms with E-state index in [1.54, 1.807) is 0 Å². The zero-order chi connectivity index (χ0) is 22.0. The summed E-state index contributed by atoms with van der Waals surface area (Å²) < 4.78 is 0. The lowest BCUT2D eigenvalue weighted by Crippen LogP contribution is -1.93. The van der Waals surface area contributed by atoms with Crippen LogP contribution < -0.4 is 5.73 Å². The van der Waals surface area contributed by atoms with Crippen molar-refractivity contribution in [1.82, 2.24) is 9.97 Å². The number of hydrogen-bond donors (Lipinski definition) is 1. The lowest BCUT2D eigenvalue weighted by molar-refractivity contribution is -0.106. The molecule has 0 spiro atoms. The van der Waals surface area contributed by atoms with Crippen LogP contribution in [0, 0.1) is 13.8 Å². The predicted molar refractivity (Wildman–Crippen MR) is 123 cm³/mol. The Labute approximate surface area is 179 Å². The molecule has 0 fully saturated rings. The Morgan fingerprint density at radius 2 is 1.59 bits per heavy atom. The van der Waals surface area contributed by atoms with Crippen LogP contribution in [0.15, 0.2) is 48.7 Å². The number of aromatic nitrogens is 2. The molecule has 3 aromatic rings. The highest BCUT2D eigenvalue weighted by Crippen LogP contribution is 2.31. The molecule has 0 aliphatic carbocycles. The number of hydrogen-bond acceptors (Lipinski definition) is 3. The molecule has 154 valence electrons. The van der Waals surface area contributed by atoms with Crippen LogP contribution >= 0.6 is 11.6 Å². The van der Waals surface area contributed by atoms with E-state index in [-0.39, 0.29) is 6.41 Å². The second-order valence-corrected chi connectivity index (χ2v) is 7.00. The molecule has 0 aliphatic heterocycles. The van der Waals surface area contributed by atoms with Crippen molar-refractivity contribution >= 4 is 18.0 Å². The van der Waals surface area contributed by atoms with Gasteiger partial charge in [0.2, 0.25) is 6.41 Å². The minimum Gasteiger partial charge on any atom is -0.372 e. The van der Waals surface area contributed by atoms with Crippen molar-refractivity contribution in [3.05, 3.63) is 70.8 Å². The summed E-state index contributed by atoms with van der Waals surface area (Å²) in [5.74, 6) is 0.413. The van der Waals surface area contributed by atoms with Gasteiger partial charge in [-0.05, 0) is 77.9 Å². The average molecular weight is 412 g/mol. The highest BCUT2D eigenvalue weighted by molar-refractivity contribution is 6.29. The molecule has 1 amide bonds. The van der Waals surface area contributed by atoms with Gasteiger partial charge in [0.1, 0.15) is 5.15 Å². The van der Waals surface area contributed by atoms with Gasteiger partial charge >= 0.3 is 0 Å². The molecular weight excluding hydrogens is 382 g/mol. The molecule has 1 aromatic carbocycles. The van der Waals surface area contributed by atoms with Crippen molar-refractivity contribution < 1.29 is 4.79 Å². The van der Waals surface area contributed by atoms with E-state index in [9.17, 15) is 0 Å². The monoisotopic (exact) mass is 411 g/mol. The standard InChI is InChI=1S/C21H21ClN2.C2H6.CH3NO/c1-13(2)20-11-17(7-8-23-20)16-6-5-14(3)19(10-16)18-9-15(4)24-21(22)12-18;1-2;2-1-3/h5-13H,1-4H3;1-2H3;1H,(H2,2,3). The van der Waals surface area contributed by atoms with E-state index >= 15 is 0 Å². The molecule has 0 bridgehead atoms. The molecule has 3 rings (SSSR count). The Morgan fingerprint density at radius 1 is 0.966 bits per heavy atom. The summed E-state index contributed by atoms with van der Waals surface area (Å²) in [5, 5.41) is 0.529. The first kappa shape index (κ1) is 24.3. The van der Waals surface area contributed by atoms with Crippen molar-refractivity contribution in [3.8, 4) is 22.3 Å². The van der Waals surface area contributed by atoms with Crippen LogP contribution in [-0.2, 0) is 4.79 Å². The summed E-state index contributed by atoms with van der Waals surface area (Å²) in [6.45, 7) is 12.4. The molecular formula is C24H30ClN3O. The van der Waals surface area contributed by atoms with Crippen molar-refractivity contribution in [2.75, 3.05) is 0 Å². The number of nitrogens with zero attached hydrogens (tertiary/aromatic N) is 2.